The molecular formula is C14H23N3O2S. The van der Waals surface area contributed by atoms with E-state index in [-0.39, 0.29) is 10.9 Å². The lowest BCUT2D eigenvalue weighted by atomic mass is 9.84. The molecule has 20 heavy (non-hydrogen) atoms. The zero-order valence-electron chi connectivity index (χ0n) is 11.8. The van der Waals surface area contributed by atoms with Crippen LogP contribution < -0.4 is 16.2 Å². The maximum absolute atomic E-state index is 11.4. The molecule has 1 aliphatic rings. The van der Waals surface area contributed by atoms with Crippen LogP contribution in [-0.2, 0) is 10.0 Å². The first kappa shape index (κ1) is 15.1. The highest BCUT2D eigenvalue weighted by atomic mass is 32.2. The smallest absolute Gasteiger partial charge is 0.238 e. The number of hydrogen-bond acceptors (Lipinski definition) is 4. The van der Waals surface area contributed by atoms with Gasteiger partial charge in [0.1, 0.15) is 0 Å². The van der Waals surface area contributed by atoms with Gasteiger partial charge in [0.15, 0.2) is 0 Å². The molecule has 0 heterocycles. The zero-order valence-corrected chi connectivity index (χ0v) is 12.6. The summed E-state index contributed by atoms with van der Waals surface area (Å²) in [6.45, 7) is 2.12. The molecule has 6 heteroatoms. The Morgan fingerprint density at radius 1 is 1.25 bits per heavy atom. The first-order chi connectivity index (χ1) is 9.38. The number of rotatable bonds is 4. The van der Waals surface area contributed by atoms with Crippen LogP contribution in [0.1, 0.15) is 39.0 Å². The Labute approximate surface area is 120 Å². The van der Waals surface area contributed by atoms with Crippen LogP contribution in [0.4, 0.5) is 11.4 Å². The third-order valence-electron chi connectivity index (χ3n) is 4.09. The molecular weight excluding hydrogens is 274 g/mol. The molecule has 1 fully saturated rings. The monoisotopic (exact) mass is 297 g/mol. The molecule has 112 valence electrons. The van der Waals surface area contributed by atoms with Gasteiger partial charge in [0, 0.05) is 6.04 Å². The van der Waals surface area contributed by atoms with Crippen molar-refractivity contribution in [2.75, 3.05) is 11.1 Å². The van der Waals surface area contributed by atoms with Crippen molar-refractivity contribution in [1.82, 2.24) is 0 Å². The van der Waals surface area contributed by atoms with Crippen molar-refractivity contribution in [3.63, 3.8) is 0 Å². The SMILES string of the molecule is CC(Nc1cc(S(N)(=O)=O)ccc1N)C1CCCCC1. The minimum atomic E-state index is -3.70. The van der Waals surface area contributed by atoms with E-state index in [0.717, 1.165) is 0 Å². The second-order valence-electron chi connectivity index (χ2n) is 5.63. The van der Waals surface area contributed by atoms with Gasteiger partial charge in [-0.2, -0.15) is 0 Å². The number of hydrogen-bond donors (Lipinski definition) is 3. The molecule has 1 atom stereocenters. The zero-order chi connectivity index (χ0) is 14.8. The summed E-state index contributed by atoms with van der Waals surface area (Å²) in [5.41, 5.74) is 7.10. The highest BCUT2D eigenvalue weighted by Crippen LogP contribution is 2.30. The van der Waals surface area contributed by atoms with Gasteiger partial charge in [0.05, 0.1) is 16.3 Å². The predicted octanol–water partition coefficient (Wildman–Crippen LogP) is 2.30. The Hall–Kier alpha value is -1.27. The molecule has 0 saturated heterocycles. The predicted molar refractivity (Wildman–Crippen MR) is 81.9 cm³/mol. The van der Waals surface area contributed by atoms with Crippen molar-refractivity contribution in [2.45, 2.75) is 50.0 Å². The molecule has 0 aliphatic heterocycles. The minimum absolute atomic E-state index is 0.0880. The minimum Gasteiger partial charge on any atom is -0.397 e. The van der Waals surface area contributed by atoms with Crippen LogP contribution in [0.3, 0.4) is 0 Å². The van der Waals surface area contributed by atoms with Crippen molar-refractivity contribution in [1.29, 1.82) is 0 Å². The number of nitrogens with two attached hydrogens (primary N) is 2. The van der Waals surface area contributed by atoms with E-state index in [4.69, 9.17) is 10.9 Å². The first-order valence-electron chi connectivity index (χ1n) is 7.07. The summed E-state index contributed by atoms with van der Waals surface area (Å²) in [5, 5.41) is 8.50. The van der Waals surface area contributed by atoms with Crippen LogP contribution >= 0.6 is 0 Å². The third kappa shape index (κ3) is 3.64. The van der Waals surface area contributed by atoms with Gasteiger partial charge < -0.3 is 11.1 Å². The van der Waals surface area contributed by atoms with Crippen LogP contribution in [0.15, 0.2) is 23.1 Å². The Balaban J connectivity index is 2.15. The van der Waals surface area contributed by atoms with Gasteiger partial charge in [-0.3, -0.25) is 0 Å². The van der Waals surface area contributed by atoms with E-state index in [1.165, 1.54) is 44.2 Å². The number of nitrogens with one attached hydrogen (secondary N) is 1. The van der Waals surface area contributed by atoms with E-state index in [2.05, 4.69) is 12.2 Å². The van der Waals surface area contributed by atoms with Gasteiger partial charge in [-0.1, -0.05) is 19.3 Å². The van der Waals surface area contributed by atoms with Crippen molar-refractivity contribution >= 4 is 21.4 Å². The first-order valence-corrected chi connectivity index (χ1v) is 8.61. The summed E-state index contributed by atoms with van der Waals surface area (Å²) >= 11 is 0. The van der Waals surface area contributed by atoms with Crippen molar-refractivity contribution in [3.05, 3.63) is 18.2 Å². The molecule has 1 aliphatic carbocycles. The Morgan fingerprint density at radius 3 is 2.50 bits per heavy atom. The average molecular weight is 297 g/mol. The highest BCUT2D eigenvalue weighted by molar-refractivity contribution is 7.89. The molecule has 5 nitrogen and oxygen atoms in total. The lowest BCUT2D eigenvalue weighted by Gasteiger charge is -2.29. The van der Waals surface area contributed by atoms with E-state index in [0.29, 0.717) is 17.3 Å². The van der Waals surface area contributed by atoms with E-state index >= 15 is 0 Å². The third-order valence-corrected chi connectivity index (χ3v) is 5.00. The molecule has 1 aromatic rings. The van der Waals surface area contributed by atoms with Gasteiger partial charge in [-0.05, 0) is 43.9 Å². The molecule has 5 N–H and O–H groups in total. The fraction of sp³-hybridized carbons (Fsp3) is 0.571. The van der Waals surface area contributed by atoms with E-state index in [1.54, 1.807) is 6.07 Å². The number of benzene rings is 1. The lowest BCUT2D eigenvalue weighted by molar-refractivity contribution is 0.328. The molecule has 1 aromatic carbocycles. The van der Waals surface area contributed by atoms with E-state index < -0.39 is 10.0 Å². The summed E-state index contributed by atoms with van der Waals surface area (Å²) in [6.07, 6.45) is 6.27. The number of primary sulfonamides is 1. The second kappa shape index (κ2) is 6.01. The normalized spacial score (nSPS) is 18.7. The standard InChI is InChI=1S/C14H23N3O2S/c1-10(11-5-3-2-4-6-11)17-14-9-12(20(16,18)19)7-8-13(14)15/h7-11,17H,2-6,15H2,1H3,(H2,16,18,19). The Kier molecular flexibility index (Phi) is 4.55. The Morgan fingerprint density at radius 2 is 1.90 bits per heavy atom. The molecule has 1 unspecified atom stereocenters. The summed E-state index contributed by atoms with van der Waals surface area (Å²) in [6, 6.07) is 4.80. The lowest BCUT2D eigenvalue weighted by Crippen LogP contribution is -2.28. The van der Waals surface area contributed by atoms with Gasteiger partial charge in [0.2, 0.25) is 10.0 Å². The van der Waals surface area contributed by atoms with Crippen molar-refractivity contribution < 1.29 is 8.42 Å². The topological polar surface area (TPSA) is 98.2 Å². The Bertz CT molecular complexity index is 566. The number of sulfonamides is 1. The maximum atomic E-state index is 11.4. The number of anilines is 2. The number of nitrogen functional groups attached to an aromatic ring is 1. The molecule has 0 radical (unpaired) electrons. The fourth-order valence-electron chi connectivity index (χ4n) is 2.83. The van der Waals surface area contributed by atoms with E-state index in [1.807, 2.05) is 0 Å². The molecule has 0 aromatic heterocycles. The quantitative estimate of drug-likeness (QED) is 0.743. The van der Waals surface area contributed by atoms with Crippen LogP contribution in [0.2, 0.25) is 0 Å². The molecule has 1 saturated carbocycles. The molecule has 0 spiro atoms. The summed E-state index contributed by atoms with van der Waals surface area (Å²) < 4.78 is 22.8. The average Bonchev–Trinajstić information content (AvgIpc) is 2.41. The van der Waals surface area contributed by atoms with Gasteiger partial charge in [-0.25, -0.2) is 13.6 Å². The van der Waals surface area contributed by atoms with Crippen molar-refractivity contribution in [2.24, 2.45) is 11.1 Å². The maximum Gasteiger partial charge on any atom is 0.238 e. The van der Waals surface area contributed by atoms with Crippen LogP contribution in [0.25, 0.3) is 0 Å². The second-order valence-corrected chi connectivity index (χ2v) is 7.19. The van der Waals surface area contributed by atoms with Gasteiger partial charge in [-0.15, -0.1) is 0 Å². The van der Waals surface area contributed by atoms with Crippen LogP contribution in [0, 0.1) is 5.92 Å². The fourth-order valence-corrected chi connectivity index (χ4v) is 3.37. The summed E-state index contributed by atoms with van der Waals surface area (Å²) in [7, 11) is -3.70. The molecule has 0 bridgehead atoms. The summed E-state index contributed by atoms with van der Waals surface area (Å²) in [5.74, 6) is 0.612. The van der Waals surface area contributed by atoms with E-state index in [9.17, 15) is 8.42 Å². The highest BCUT2D eigenvalue weighted by Gasteiger charge is 2.21. The van der Waals surface area contributed by atoms with Gasteiger partial charge >= 0.3 is 0 Å². The van der Waals surface area contributed by atoms with Crippen molar-refractivity contribution in [3.8, 4) is 0 Å². The largest absolute Gasteiger partial charge is 0.397 e. The summed E-state index contributed by atoms with van der Waals surface area (Å²) in [4.78, 5) is 0.0880. The van der Waals surface area contributed by atoms with Crippen LogP contribution in [-0.4, -0.2) is 14.5 Å². The van der Waals surface area contributed by atoms with Crippen LogP contribution in [0.5, 0.6) is 0 Å². The molecule has 0 amide bonds. The van der Waals surface area contributed by atoms with Gasteiger partial charge in [0.25, 0.3) is 0 Å². The molecule has 2 rings (SSSR count).